The Morgan fingerprint density at radius 2 is 1.45 bits per heavy atom. The molecule has 1 aliphatic heterocycles. The van der Waals surface area contributed by atoms with E-state index >= 15 is 0 Å². The number of carbonyl (C=O) groups is 1. The number of anilines is 1. The third-order valence-electron chi connectivity index (χ3n) is 6.48. The molecule has 1 saturated heterocycles. The van der Waals surface area contributed by atoms with Gasteiger partial charge < -0.3 is 9.80 Å². The summed E-state index contributed by atoms with van der Waals surface area (Å²) in [5, 5.41) is 3.30. The van der Waals surface area contributed by atoms with Crippen LogP contribution in [0.4, 0.5) is 5.69 Å². The Morgan fingerprint density at radius 1 is 0.806 bits per heavy atom. The quantitative estimate of drug-likeness (QED) is 0.480. The Morgan fingerprint density at radius 3 is 2.13 bits per heavy atom. The molecule has 1 aliphatic rings. The first-order valence-corrected chi connectivity index (χ1v) is 11.5. The van der Waals surface area contributed by atoms with E-state index in [9.17, 15) is 4.79 Å². The number of likely N-dealkylation sites (tertiary alicyclic amines) is 1. The number of nitrogens with one attached hydrogen (secondary N) is 1. The summed E-state index contributed by atoms with van der Waals surface area (Å²) in [6.07, 6.45) is 4.93. The third-order valence-corrected chi connectivity index (χ3v) is 6.48. The SMILES string of the molecule is Cc1cccc(-c2ccccc2)c1NC(=O)C[N+]1(Cc2ccccc2)CCCCCC1. The topological polar surface area (TPSA) is 29.1 Å². The lowest BCUT2D eigenvalue weighted by molar-refractivity contribution is -0.932. The molecule has 3 heteroatoms. The number of benzene rings is 3. The van der Waals surface area contributed by atoms with Gasteiger partial charge in [0.15, 0.2) is 6.54 Å². The van der Waals surface area contributed by atoms with Gasteiger partial charge >= 0.3 is 0 Å². The molecule has 0 spiro atoms. The fraction of sp³-hybridized carbons (Fsp3) is 0.321. The van der Waals surface area contributed by atoms with Gasteiger partial charge in [-0.3, -0.25) is 4.79 Å². The number of carbonyl (C=O) groups excluding carboxylic acids is 1. The first kappa shape index (κ1) is 21.3. The second-order valence-corrected chi connectivity index (χ2v) is 8.92. The molecule has 0 bridgehead atoms. The molecule has 0 aliphatic carbocycles. The molecule has 31 heavy (non-hydrogen) atoms. The molecule has 0 atom stereocenters. The van der Waals surface area contributed by atoms with Gasteiger partial charge in [0.1, 0.15) is 6.54 Å². The molecule has 4 rings (SSSR count). The fourth-order valence-electron chi connectivity index (χ4n) is 4.88. The summed E-state index contributed by atoms with van der Waals surface area (Å²) in [4.78, 5) is 13.4. The molecule has 0 radical (unpaired) electrons. The number of aryl methyl sites for hydroxylation is 1. The van der Waals surface area contributed by atoms with Crippen molar-refractivity contribution < 1.29 is 9.28 Å². The molecule has 1 amide bonds. The van der Waals surface area contributed by atoms with Crippen molar-refractivity contribution >= 4 is 11.6 Å². The molecule has 1 fully saturated rings. The van der Waals surface area contributed by atoms with Gasteiger partial charge in [-0.25, -0.2) is 0 Å². The molecule has 3 aromatic carbocycles. The lowest BCUT2D eigenvalue weighted by Gasteiger charge is -2.37. The summed E-state index contributed by atoms with van der Waals surface area (Å²) in [6, 6.07) is 27.2. The van der Waals surface area contributed by atoms with E-state index in [4.69, 9.17) is 0 Å². The van der Waals surface area contributed by atoms with Crippen molar-refractivity contribution in [2.75, 3.05) is 25.0 Å². The first-order valence-electron chi connectivity index (χ1n) is 11.5. The predicted octanol–water partition coefficient (Wildman–Crippen LogP) is 6.19. The maximum absolute atomic E-state index is 13.4. The summed E-state index contributed by atoms with van der Waals surface area (Å²) < 4.78 is 0.850. The van der Waals surface area contributed by atoms with Gasteiger partial charge in [0.25, 0.3) is 5.91 Å². The lowest BCUT2D eigenvalue weighted by Crippen LogP contribution is -2.52. The van der Waals surface area contributed by atoms with E-state index in [1.54, 1.807) is 0 Å². The number of hydrogen-bond acceptors (Lipinski definition) is 1. The standard InChI is InChI=1S/C28H32N2O/c1-23-13-12-18-26(25-16-8-5-9-17-25)28(23)29-27(31)22-30(19-10-2-3-11-20-30)21-24-14-6-4-7-15-24/h4-9,12-18H,2-3,10-11,19-22H2,1H3/p+1. The van der Waals surface area contributed by atoms with Crippen molar-refractivity contribution in [2.45, 2.75) is 39.2 Å². The summed E-state index contributed by atoms with van der Waals surface area (Å²) in [7, 11) is 0. The smallest absolute Gasteiger partial charge is 0.279 e. The van der Waals surface area contributed by atoms with Crippen LogP contribution in [0.3, 0.4) is 0 Å². The first-order chi connectivity index (χ1) is 15.2. The van der Waals surface area contributed by atoms with Crippen LogP contribution in [0.25, 0.3) is 11.1 Å². The van der Waals surface area contributed by atoms with E-state index in [1.165, 1.54) is 31.2 Å². The Labute approximate surface area is 186 Å². The molecule has 0 aromatic heterocycles. The van der Waals surface area contributed by atoms with Crippen molar-refractivity contribution in [1.82, 2.24) is 0 Å². The zero-order valence-electron chi connectivity index (χ0n) is 18.5. The van der Waals surface area contributed by atoms with Gasteiger partial charge in [-0.1, -0.05) is 78.9 Å². The highest BCUT2D eigenvalue weighted by Crippen LogP contribution is 2.31. The van der Waals surface area contributed by atoms with Gasteiger partial charge in [-0.2, -0.15) is 0 Å². The summed E-state index contributed by atoms with van der Waals surface area (Å²) in [6.45, 7) is 5.66. The Balaban J connectivity index is 1.57. The molecule has 1 N–H and O–H groups in total. The Kier molecular flexibility index (Phi) is 6.83. The minimum Gasteiger partial charge on any atom is -0.320 e. The highest BCUT2D eigenvalue weighted by molar-refractivity contribution is 5.97. The zero-order chi connectivity index (χ0) is 21.5. The second kappa shape index (κ2) is 9.93. The number of amides is 1. The van der Waals surface area contributed by atoms with Crippen molar-refractivity contribution in [2.24, 2.45) is 0 Å². The molecule has 3 aromatic rings. The number of nitrogens with zero attached hydrogens (tertiary/aromatic N) is 1. The monoisotopic (exact) mass is 413 g/mol. The highest BCUT2D eigenvalue weighted by atomic mass is 16.2. The van der Waals surface area contributed by atoms with Crippen molar-refractivity contribution in [3.63, 3.8) is 0 Å². The Bertz CT molecular complexity index is 990. The Hall–Kier alpha value is -2.91. The van der Waals surface area contributed by atoms with Crippen LogP contribution in [-0.2, 0) is 11.3 Å². The lowest BCUT2D eigenvalue weighted by atomic mass is 10.0. The van der Waals surface area contributed by atoms with Crippen LogP contribution in [-0.4, -0.2) is 30.0 Å². The molecule has 160 valence electrons. The maximum Gasteiger partial charge on any atom is 0.279 e. The van der Waals surface area contributed by atoms with Crippen LogP contribution in [0.2, 0.25) is 0 Å². The number of hydrogen-bond donors (Lipinski definition) is 1. The average Bonchev–Trinajstić information content (AvgIpc) is 3.02. The van der Waals surface area contributed by atoms with Crippen LogP contribution in [0.15, 0.2) is 78.9 Å². The van der Waals surface area contributed by atoms with E-state index in [0.717, 1.165) is 46.5 Å². The molecular weight excluding hydrogens is 380 g/mol. The van der Waals surface area contributed by atoms with E-state index in [0.29, 0.717) is 6.54 Å². The van der Waals surface area contributed by atoms with Gasteiger partial charge in [-0.15, -0.1) is 0 Å². The summed E-state index contributed by atoms with van der Waals surface area (Å²) in [5.41, 5.74) is 5.56. The molecule has 0 saturated carbocycles. The molecule has 3 nitrogen and oxygen atoms in total. The van der Waals surface area contributed by atoms with Gasteiger partial charge in [0.2, 0.25) is 0 Å². The van der Waals surface area contributed by atoms with E-state index in [2.05, 4.69) is 72.9 Å². The molecular formula is C28H33N2O+. The summed E-state index contributed by atoms with van der Waals surface area (Å²) >= 11 is 0. The minimum atomic E-state index is 0.115. The number of quaternary nitrogens is 1. The zero-order valence-corrected chi connectivity index (χ0v) is 18.5. The van der Waals surface area contributed by atoms with E-state index in [1.807, 2.05) is 18.2 Å². The average molecular weight is 414 g/mol. The van der Waals surface area contributed by atoms with Crippen LogP contribution < -0.4 is 5.32 Å². The van der Waals surface area contributed by atoms with E-state index in [-0.39, 0.29) is 5.91 Å². The minimum absolute atomic E-state index is 0.115. The predicted molar refractivity (Wildman–Crippen MR) is 129 cm³/mol. The largest absolute Gasteiger partial charge is 0.320 e. The normalized spacial score (nSPS) is 15.8. The van der Waals surface area contributed by atoms with Crippen molar-refractivity contribution in [1.29, 1.82) is 0 Å². The third kappa shape index (κ3) is 5.42. The fourth-order valence-corrected chi connectivity index (χ4v) is 4.88. The molecule has 0 unspecified atom stereocenters. The number of para-hydroxylation sites is 1. The van der Waals surface area contributed by atoms with Crippen molar-refractivity contribution in [3.05, 3.63) is 90.0 Å². The van der Waals surface area contributed by atoms with Gasteiger partial charge in [-0.05, 0) is 43.7 Å². The number of rotatable bonds is 6. The van der Waals surface area contributed by atoms with Crippen LogP contribution in [0.5, 0.6) is 0 Å². The molecule has 1 heterocycles. The van der Waals surface area contributed by atoms with E-state index < -0.39 is 0 Å². The van der Waals surface area contributed by atoms with Gasteiger partial charge in [0, 0.05) is 11.1 Å². The van der Waals surface area contributed by atoms with Crippen LogP contribution >= 0.6 is 0 Å². The van der Waals surface area contributed by atoms with Crippen LogP contribution in [0.1, 0.15) is 36.8 Å². The second-order valence-electron chi connectivity index (χ2n) is 8.92. The highest BCUT2D eigenvalue weighted by Gasteiger charge is 2.32. The van der Waals surface area contributed by atoms with Crippen molar-refractivity contribution in [3.8, 4) is 11.1 Å². The van der Waals surface area contributed by atoms with Gasteiger partial charge in [0.05, 0.1) is 18.8 Å². The maximum atomic E-state index is 13.4. The van der Waals surface area contributed by atoms with Crippen LogP contribution in [0, 0.1) is 6.92 Å². The summed E-state index contributed by atoms with van der Waals surface area (Å²) in [5.74, 6) is 0.115.